The van der Waals surface area contributed by atoms with Gasteiger partial charge in [0.05, 0.1) is 5.02 Å². The first kappa shape index (κ1) is 7.25. The smallest absolute Gasteiger partial charge is 0.125 e. The maximum Gasteiger partial charge on any atom is 0.125 e. The fraction of sp³-hybridized carbons (Fsp3) is 0. The molecule has 0 atom stereocenters. The molecule has 0 amide bonds. The van der Waals surface area contributed by atoms with Crippen LogP contribution in [0.1, 0.15) is 0 Å². The van der Waals surface area contributed by atoms with Crippen molar-refractivity contribution in [2.24, 2.45) is 0 Å². The number of hydrogen-bond acceptors (Lipinski definition) is 3. The Balaban J connectivity index is 3.01. The standard InChI is InChI=1S/C5H4ClNS2/c6-4-2-1-3-7-5(4)9-8/h1-3,8H. The minimum absolute atomic E-state index is 0.650. The van der Waals surface area contributed by atoms with Crippen molar-refractivity contribution in [1.82, 2.24) is 4.98 Å². The summed E-state index contributed by atoms with van der Waals surface area (Å²) >= 11 is 9.64. The van der Waals surface area contributed by atoms with Gasteiger partial charge in [-0.3, -0.25) is 0 Å². The summed E-state index contributed by atoms with van der Waals surface area (Å²) in [4.78, 5) is 3.95. The molecule has 0 radical (unpaired) electrons. The van der Waals surface area contributed by atoms with Crippen molar-refractivity contribution in [3.63, 3.8) is 0 Å². The topological polar surface area (TPSA) is 12.9 Å². The fourth-order valence-corrected chi connectivity index (χ4v) is 1.54. The Labute approximate surface area is 67.6 Å². The van der Waals surface area contributed by atoms with Crippen molar-refractivity contribution >= 4 is 34.1 Å². The van der Waals surface area contributed by atoms with E-state index in [2.05, 4.69) is 16.6 Å². The predicted molar refractivity (Wildman–Crippen MR) is 44.1 cm³/mol. The Morgan fingerprint density at radius 1 is 1.67 bits per heavy atom. The molecule has 9 heavy (non-hydrogen) atoms. The van der Waals surface area contributed by atoms with E-state index in [1.54, 1.807) is 18.3 Å². The lowest BCUT2D eigenvalue weighted by Crippen LogP contribution is -1.74. The molecule has 0 aliphatic heterocycles. The highest BCUT2D eigenvalue weighted by molar-refractivity contribution is 8.68. The first-order valence-electron chi connectivity index (χ1n) is 2.26. The molecule has 0 aliphatic rings. The van der Waals surface area contributed by atoms with Gasteiger partial charge in [-0.2, -0.15) is 0 Å². The number of pyridine rings is 1. The molecule has 1 aromatic heterocycles. The second-order valence-electron chi connectivity index (χ2n) is 1.38. The van der Waals surface area contributed by atoms with Crippen LogP contribution in [0.4, 0.5) is 0 Å². The van der Waals surface area contributed by atoms with E-state index in [1.165, 1.54) is 10.8 Å². The van der Waals surface area contributed by atoms with Crippen LogP contribution >= 0.6 is 34.1 Å². The summed E-state index contributed by atoms with van der Waals surface area (Å²) in [6.07, 6.45) is 1.68. The largest absolute Gasteiger partial charge is 0.248 e. The van der Waals surface area contributed by atoms with Gasteiger partial charge in [0.2, 0.25) is 0 Å². The van der Waals surface area contributed by atoms with E-state index in [9.17, 15) is 0 Å². The van der Waals surface area contributed by atoms with E-state index in [0.29, 0.717) is 5.02 Å². The first-order chi connectivity index (χ1) is 4.34. The molecule has 0 N–H and O–H groups in total. The van der Waals surface area contributed by atoms with Crippen LogP contribution in [0.5, 0.6) is 0 Å². The summed E-state index contributed by atoms with van der Waals surface area (Å²) in [6, 6.07) is 3.57. The molecule has 4 heteroatoms. The van der Waals surface area contributed by atoms with Gasteiger partial charge in [0.1, 0.15) is 5.03 Å². The van der Waals surface area contributed by atoms with Gasteiger partial charge in [0.25, 0.3) is 0 Å². The second-order valence-corrected chi connectivity index (χ2v) is 2.91. The van der Waals surface area contributed by atoms with Crippen molar-refractivity contribution in [3.8, 4) is 0 Å². The van der Waals surface area contributed by atoms with Crippen LogP contribution in [0.3, 0.4) is 0 Å². The molecule has 0 fully saturated rings. The molecule has 1 heterocycles. The third kappa shape index (κ3) is 1.78. The molecule has 0 aromatic carbocycles. The zero-order valence-electron chi connectivity index (χ0n) is 4.41. The average molecular weight is 178 g/mol. The SMILES string of the molecule is SSc1ncccc1Cl. The van der Waals surface area contributed by atoms with Crippen molar-refractivity contribution in [2.75, 3.05) is 0 Å². The van der Waals surface area contributed by atoms with Crippen LogP contribution in [0.15, 0.2) is 23.4 Å². The molecule has 0 bridgehead atoms. The molecular weight excluding hydrogens is 174 g/mol. The Hall–Kier alpha value is 0.140. The molecule has 0 spiro atoms. The zero-order chi connectivity index (χ0) is 6.69. The molecule has 0 unspecified atom stereocenters. The number of thiol groups is 1. The number of halogens is 1. The predicted octanol–water partition coefficient (Wildman–Crippen LogP) is 2.67. The van der Waals surface area contributed by atoms with Gasteiger partial charge in [-0.15, -0.1) is 11.7 Å². The quantitative estimate of drug-likeness (QED) is 0.523. The van der Waals surface area contributed by atoms with Gasteiger partial charge in [-0.1, -0.05) is 11.6 Å². The van der Waals surface area contributed by atoms with Gasteiger partial charge in [0, 0.05) is 6.20 Å². The lowest BCUT2D eigenvalue weighted by molar-refractivity contribution is 1.14. The summed E-state index contributed by atoms with van der Waals surface area (Å²) in [5, 5.41) is 1.40. The van der Waals surface area contributed by atoms with Gasteiger partial charge in [0.15, 0.2) is 0 Å². The summed E-state index contributed by atoms with van der Waals surface area (Å²) in [5.41, 5.74) is 0. The molecule has 0 saturated heterocycles. The van der Waals surface area contributed by atoms with E-state index in [4.69, 9.17) is 11.6 Å². The molecule has 0 saturated carbocycles. The minimum Gasteiger partial charge on any atom is -0.248 e. The van der Waals surface area contributed by atoms with Crippen molar-refractivity contribution < 1.29 is 0 Å². The average Bonchev–Trinajstić information content (AvgIpc) is 1.89. The minimum atomic E-state index is 0.650. The number of rotatable bonds is 1. The highest BCUT2D eigenvalue weighted by atomic mass is 35.5. The third-order valence-electron chi connectivity index (χ3n) is 0.811. The summed E-state index contributed by atoms with van der Waals surface area (Å²) in [6.45, 7) is 0. The first-order valence-corrected chi connectivity index (χ1v) is 4.51. The molecular formula is C5H4ClNS2. The zero-order valence-corrected chi connectivity index (χ0v) is 6.88. The summed E-state index contributed by atoms with van der Waals surface area (Å²) < 4.78 is 0. The Bertz CT molecular complexity index is 204. The van der Waals surface area contributed by atoms with E-state index < -0.39 is 0 Å². The van der Waals surface area contributed by atoms with Crippen molar-refractivity contribution in [3.05, 3.63) is 23.4 Å². The van der Waals surface area contributed by atoms with E-state index in [-0.39, 0.29) is 0 Å². The Morgan fingerprint density at radius 3 is 2.89 bits per heavy atom. The fourth-order valence-electron chi connectivity index (χ4n) is 0.438. The number of aromatic nitrogens is 1. The van der Waals surface area contributed by atoms with Crippen LogP contribution in [-0.2, 0) is 0 Å². The lowest BCUT2D eigenvalue weighted by Gasteiger charge is -1.93. The molecule has 1 rings (SSSR count). The van der Waals surface area contributed by atoms with E-state index in [0.717, 1.165) is 5.03 Å². The maximum absolute atomic E-state index is 5.69. The monoisotopic (exact) mass is 177 g/mol. The summed E-state index contributed by atoms with van der Waals surface area (Å²) in [5.74, 6) is 0. The molecule has 1 nitrogen and oxygen atoms in total. The highest BCUT2D eigenvalue weighted by Gasteiger charge is 1.95. The Kier molecular flexibility index (Phi) is 2.69. The molecule has 48 valence electrons. The summed E-state index contributed by atoms with van der Waals surface area (Å²) in [7, 11) is 1.25. The van der Waals surface area contributed by atoms with E-state index in [1.807, 2.05) is 0 Å². The second kappa shape index (κ2) is 3.34. The van der Waals surface area contributed by atoms with Gasteiger partial charge < -0.3 is 0 Å². The van der Waals surface area contributed by atoms with Crippen LogP contribution in [0, 0.1) is 0 Å². The highest BCUT2D eigenvalue weighted by Crippen LogP contribution is 2.25. The maximum atomic E-state index is 5.69. The van der Waals surface area contributed by atoms with Gasteiger partial charge in [-0.05, 0) is 22.9 Å². The number of nitrogens with zero attached hydrogens (tertiary/aromatic N) is 1. The molecule has 0 aliphatic carbocycles. The van der Waals surface area contributed by atoms with Gasteiger partial charge in [-0.25, -0.2) is 4.98 Å². The molecule has 1 aromatic rings. The van der Waals surface area contributed by atoms with Gasteiger partial charge >= 0.3 is 0 Å². The normalized spacial score (nSPS) is 9.56. The number of hydrogen-bond donors (Lipinski definition) is 1. The van der Waals surface area contributed by atoms with Crippen LogP contribution < -0.4 is 0 Å². The Morgan fingerprint density at radius 2 is 2.44 bits per heavy atom. The van der Waals surface area contributed by atoms with Crippen LogP contribution in [0.25, 0.3) is 0 Å². The van der Waals surface area contributed by atoms with Crippen molar-refractivity contribution in [2.45, 2.75) is 5.03 Å². The lowest BCUT2D eigenvalue weighted by atomic mass is 10.5. The van der Waals surface area contributed by atoms with Crippen LogP contribution in [0.2, 0.25) is 5.02 Å². The third-order valence-corrected chi connectivity index (χ3v) is 2.25. The van der Waals surface area contributed by atoms with E-state index >= 15 is 0 Å². The van der Waals surface area contributed by atoms with Crippen molar-refractivity contribution in [1.29, 1.82) is 0 Å². The van der Waals surface area contributed by atoms with Crippen LogP contribution in [-0.4, -0.2) is 4.98 Å².